The maximum Gasteiger partial charge on any atom is 0.260 e. The third kappa shape index (κ3) is 4.17. The summed E-state index contributed by atoms with van der Waals surface area (Å²) in [5.74, 6) is -0.327. The van der Waals surface area contributed by atoms with Gasteiger partial charge < -0.3 is 19.1 Å². The van der Waals surface area contributed by atoms with Crippen LogP contribution in [-0.4, -0.2) is 55.3 Å². The van der Waals surface area contributed by atoms with Crippen LogP contribution in [0.1, 0.15) is 5.56 Å². The van der Waals surface area contributed by atoms with Crippen molar-refractivity contribution in [1.29, 1.82) is 0 Å². The van der Waals surface area contributed by atoms with Gasteiger partial charge in [0, 0.05) is 38.8 Å². The molecule has 2 aromatic carbocycles. The maximum absolute atomic E-state index is 13.6. The van der Waals surface area contributed by atoms with Crippen LogP contribution >= 0.6 is 0 Å². The van der Waals surface area contributed by atoms with E-state index in [2.05, 4.69) is 4.90 Å². The van der Waals surface area contributed by atoms with Crippen LogP contribution < -0.4 is 14.2 Å². The fraction of sp³-hybridized carbons (Fsp3) is 0.350. The molecule has 2 aliphatic rings. The van der Waals surface area contributed by atoms with Gasteiger partial charge in [0.25, 0.3) is 5.91 Å². The largest absolute Gasteiger partial charge is 0.481 e. The SMILES string of the molecule is O=C(COc1ccc(F)cc1F)N1CCN(Cc2ccc3c(c2)OCO3)CC1. The Labute approximate surface area is 161 Å². The summed E-state index contributed by atoms with van der Waals surface area (Å²) >= 11 is 0. The van der Waals surface area contributed by atoms with Crippen molar-refractivity contribution in [3.63, 3.8) is 0 Å². The second-order valence-corrected chi connectivity index (χ2v) is 6.71. The van der Waals surface area contributed by atoms with E-state index in [4.69, 9.17) is 14.2 Å². The Morgan fingerprint density at radius 1 is 1.00 bits per heavy atom. The first kappa shape index (κ1) is 18.5. The Hall–Kier alpha value is -2.87. The number of fused-ring (bicyclic) bond motifs is 1. The topological polar surface area (TPSA) is 51.2 Å². The zero-order chi connectivity index (χ0) is 19.5. The number of halogens is 2. The van der Waals surface area contributed by atoms with Crippen LogP contribution in [0.5, 0.6) is 17.2 Å². The van der Waals surface area contributed by atoms with Gasteiger partial charge in [-0.1, -0.05) is 6.07 Å². The fourth-order valence-corrected chi connectivity index (χ4v) is 3.28. The Morgan fingerprint density at radius 3 is 2.57 bits per heavy atom. The number of ether oxygens (including phenoxy) is 3. The van der Waals surface area contributed by atoms with Crippen LogP contribution in [-0.2, 0) is 11.3 Å². The molecule has 0 radical (unpaired) electrons. The lowest BCUT2D eigenvalue weighted by atomic mass is 10.1. The second-order valence-electron chi connectivity index (χ2n) is 6.71. The molecule has 8 heteroatoms. The number of carbonyl (C=O) groups is 1. The van der Waals surface area contributed by atoms with Crippen LogP contribution in [0.4, 0.5) is 8.78 Å². The highest BCUT2D eigenvalue weighted by atomic mass is 19.1. The lowest BCUT2D eigenvalue weighted by molar-refractivity contribution is -0.135. The van der Waals surface area contributed by atoms with Gasteiger partial charge in [-0.2, -0.15) is 0 Å². The summed E-state index contributed by atoms with van der Waals surface area (Å²) in [6, 6.07) is 8.90. The Bertz CT molecular complexity index is 869. The molecule has 4 rings (SSSR count). The minimum atomic E-state index is -0.818. The molecule has 0 spiro atoms. The van der Waals surface area contributed by atoms with Gasteiger partial charge in [-0.3, -0.25) is 9.69 Å². The molecular weight excluding hydrogens is 370 g/mol. The maximum atomic E-state index is 13.6. The predicted molar refractivity (Wildman–Crippen MR) is 96.3 cm³/mol. The quantitative estimate of drug-likeness (QED) is 0.785. The van der Waals surface area contributed by atoms with Crippen molar-refractivity contribution in [2.75, 3.05) is 39.6 Å². The molecule has 148 valence electrons. The number of hydrogen-bond acceptors (Lipinski definition) is 5. The van der Waals surface area contributed by atoms with Gasteiger partial charge in [-0.25, -0.2) is 8.78 Å². The monoisotopic (exact) mass is 390 g/mol. The molecule has 28 heavy (non-hydrogen) atoms. The summed E-state index contributed by atoms with van der Waals surface area (Å²) in [6.07, 6.45) is 0. The summed E-state index contributed by atoms with van der Waals surface area (Å²) in [5.41, 5.74) is 1.12. The number of piperazine rings is 1. The van der Waals surface area contributed by atoms with Gasteiger partial charge in [-0.15, -0.1) is 0 Å². The highest BCUT2D eigenvalue weighted by molar-refractivity contribution is 5.77. The molecule has 1 amide bonds. The normalized spacial score (nSPS) is 16.3. The molecule has 0 atom stereocenters. The molecular formula is C20H20F2N2O4. The van der Waals surface area contributed by atoms with E-state index in [1.165, 1.54) is 6.07 Å². The highest BCUT2D eigenvalue weighted by Gasteiger charge is 2.22. The molecule has 1 fully saturated rings. The summed E-state index contributed by atoms with van der Waals surface area (Å²) < 4.78 is 42.4. The summed E-state index contributed by atoms with van der Waals surface area (Å²) in [6.45, 7) is 3.33. The van der Waals surface area contributed by atoms with Gasteiger partial charge >= 0.3 is 0 Å². The third-order valence-corrected chi connectivity index (χ3v) is 4.81. The van der Waals surface area contributed by atoms with Gasteiger partial charge in [0.2, 0.25) is 6.79 Å². The number of benzene rings is 2. The van der Waals surface area contributed by atoms with Crippen molar-refractivity contribution in [3.8, 4) is 17.2 Å². The first-order valence-electron chi connectivity index (χ1n) is 9.05. The average Bonchev–Trinajstić information content (AvgIpc) is 3.15. The van der Waals surface area contributed by atoms with Crippen molar-refractivity contribution < 1.29 is 27.8 Å². The van der Waals surface area contributed by atoms with E-state index in [0.717, 1.165) is 48.8 Å². The second kappa shape index (κ2) is 8.02. The molecule has 0 saturated carbocycles. The predicted octanol–water partition coefficient (Wildman–Crippen LogP) is 2.42. The van der Waals surface area contributed by atoms with Crippen molar-refractivity contribution in [3.05, 3.63) is 53.6 Å². The first-order chi connectivity index (χ1) is 13.6. The van der Waals surface area contributed by atoms with E-state index < -0.39 is 11.6 Å². The number of carbonyl (C=O) groups excluding carboxylic acids is 1. The molecule has 2 heterocycles. The molecule has 0 unspecified atom stereocenters. The third-order valence-electron chi connectivity index (χ3n) is 4.81. The average molecular weight is 390 g/mol. The molecule has 1 saturated heterocycles. The zero-order valence-corrected chi connectivity index (χ0v) is 15.2. The number of rotatable bonds is 5. The number of amides is 1. The molecule has 6 nitrogen and oxygen atoms in total. The molecule has 0 bridgehead atoms. The van der Waals surface area contributed by atoms with E-state index in [0.29, 0.717) is 13.1 Å². The first-order valence-corrected chi connectivity index (χ1v) is 9.05. The lowest BCUT2D eigenvalue weighted by Crippen LogP contribution is -2.49. The van der Waals surface area contributed by atoms with E-state index in [1.54, 1.807) is 4.90 Å². The minimum Gasteiger partial charge on any atom is -0.481 e. The molecule has 0 aliphatic carbocycles. The van der Waals surface area contributed by atoms with Gasteiger partial charge in [-0.05, 0) is 29.8 Å². The van der Waals surface area contributed by atoms with E-state index >= 15 is 0 Å². The van der Waals surface area contributed by atoms with Crippen molar-refractivity contribution in [2.24, 2.45) is 0 Å². The van der Waals surface area contributed by atoms with Crippen LogP contribution in [0.25, 0.3) is 0 Å². The van der Waals surface area contributed by atoms with Gasteiger partial charge in [0.05, 0.1) is 0 Å². The molecule has 2 aromatic rings. The highest BCUT2D eigenvalue weighted by Crippen LogP contribution is 2.32. The van der Waals surface area contributed by atoms with Crippen molar-refractivity contribution >= 4 is 5.91 Å². The Morgan fingerprint density at radius 2 is 1.79 bits per heavy atom. The standard InChI is InChI=1S/C20H20F2N2O4/c21-15-2-4-17(16(22)10-15)26-12-20(25)24-7-5-23(6-8-24)11-14-1-3-18-19(9-14)28-13-27-18/h1-4,9-10H,5-8,11-13H2. The smallest absolute Gasteiger partial charge is 0.260 e. The Balaban J connectivity index is 1.25. The van der Waals surface area contributed by atoms with Crippen LogP contribution in [0.2, 0.25) is 0 Å². The molecule has 0 aromatic heterocycles. The van der Waals surface area contributed by atoms with Crippen molar-refractivity contribution in [1.82, 2.24) is 9.80 Å². The lowest BCUT2D eigenvalue weighted by Gasteiger charge is -2.34. The molecule has 2 aliphatic heterocycles. The molecule has 0 N–H and O–H groups in total. The summed E-state index contributed by atoms with van der Waals surface area (Å²) in [5, 5.41) is 0. The number of nitrogens with zero attached hydrogens (tertiary/aromatic N) is 2. The summed E-state index contributed by atoms with van der Waals surface area (Å²) in [7, 11) is 0. The van der Waals surface area contributed by atoms with Crippen LogP contribution in [0.3, 0.4) is 0 Å². The van der Waals surface area contributed by atoms with Crippen LogP contribution in [0, 0.1) is 11.6 Å². The minimum absolute atomic E-state index is 0.129. The van der Waals surface area contributed by atoms with Crippen LogP contribution in [0.15, 0.2) is 36.4 Å². The Kier molecular flexibility index (Phi) is 5.29. The van der Waals surface area contributed by atoms with Gasteiger partial charge in [0.15, 0.2) is 29.7 Å². The zero-order valence-electron chi connectivity index (χ0n) is 15.2. The van der Waals surface area contributed by atoms with E-state index in [1.807, 2.05) is 18.2 Å². The van der Waals surface area contributed by atoms with Crippen molar-refractivity contribution in [2.45, 2.75) is 6.54 Å². The van der Waals surface area contributed by atoms with E-state index in [-0.39, 0.29) is 25.1 Å². The number of hydrogen-bond donors (Lipinski definition) is 0. The fourth-order valence-electron chi connectivity index (χ4n) is 3.28. The van der Waals surface area contributed by atoms with Gasteiger partial charge in [0.1, 0.15) is 5.82 Å². The summed E-state index contributed by atoms with van der Waals surface area (Å²) in [4.78, 5) is 16.2. The van der Waals surface area contributed by atoms with E-state index in [9.17, 15) is 13.6 Å².